The topological polar surface area (TPSA) is 0 Å². The maximum atomic E-state index is 3.84. The number of hydrogen-bond acceptors (Lipinski definition) is 0. The van der Waals surface area contributed by atoms with E-state index < -0.39 is 0 Å². The molecule has 0 N–H and O–H groups in total. The van der Waals surface area contributed by atoms with Crippen molar-refractivity contribution in [2.45, 2.75) is 98.3 Å². The van der Waals surface area contributed by atoms with Gasteiger partial charge in [0.05, 0.1) is 0 Å². The molecule has 0 amide bonds. The SMILES string of the molecule is C=CCCC(CC)CCC(C)CCCC(C)CCCC. The molecule has 20 heavy (non-hydrogen) atoms. The van der Waals surface area contributed by atoms with Crippen molar-refractivity contribution >= 4 is 0 Å². The number of unbranched alkanes of at least 4 members (excludes halogenated alkanes) is 1. The van der Waals surface area contributed by atoms with E-state index in [1.807, 2.05) is 0 Å². The zero-order valence-corrected chi connectivity index (χ0v) is 14.8. The Hall–Kier alpha value is -0.260. The third-order valence-electron chi connectivity index (χ3n) is 4.87. The van der Waals surface area contributed by atoms with Crippen LogP contribution in [0.2, 0.25) is 0 Å². The molecule has 0 aromatic carbocycles. The standard InChI is InChI=1S/C20H40/c1-6-9-12-18(4)13-11-14-19(5)16-17-20(8-3)15-10-7-2/h7,18-20H,2,6,8-17H2,1,3-5H3. The molecule has 120 valence electrons. The zero-order valence-electron chi connectivity index (χ0n) is 14.8. The quantitative estimate of drug-likeness (QED) is 0.291. The summed E-state index contributed by atoms with van der Waals surface area (Å²) in [6.07, 6.45) is 17.3. The number of allylic oxidation sites excluding steroid dienone is 1. The summed E-state index contributed by atoms with van der Waals surface area (Å²) >= 11 is 0. The van der Waals surface area contributed by atoms with Crippen molar-refractivity contribution in [3.8, 4) is 0 Å². The minimum Gasteiger partial charge on any atom is -0.103 e. The van der Waals surface area contributed by atoms with Crippen LogP contribution < -0.4 is 0 Å². The van der Waals surface area contributed by atoms with Crippen molar-refractivity contribution in [2.75, 3.05) is 0 Å². The second-order valence-corrected chi connectivity index (χ2v) is 7.00. The van der Waals surface area contributed by atoms with Crippen molar-refractivity contribution < 1.29 is 0 Å². The number of rotatable bonds is 14. The van der Waals surface area contributed by atoms with E-state index in [1.54, 1.807) is 0 Å². The Morgan fingerprint density at radius 1 is 0.800 bits per heavy atom. The van der Waals surface area contributed by atoms with Gasteiger partial charge in [-0.15, -0.1) is 6.58 Å². The van der Waals surface area contributed by atoms with E-state index in [1.165, 1.54) is 70.6 Å². The Labute approximate surface area is 129 Å². The van der Waals surface area contributed by atoms with Crippen molar-refractivity contribution in [3.05, 3.63) is 12.7 Å². The predicted molar refractivity (Wildman–Crippen MR) is 94.2 cm³/mol. The van der Waals surface area contributed by atoms with Gasteiger partial charge in [0.15, 0.2) is 0 Å². The molecule has 0 heteroatoms. The smallest absolute Gasteiger partial charge is 0.0351 e. The molecule has 0 radical (unpaired) electrons. The third kappa shape index (κ3) is 11.6. The Kier molecular flexibility index (Phi) is 13.5. The van der Waals surface area contributed by atoms with Crippen molar-refractivity contribution in [1.29, 1.82) is 0 Å². The fourth-order valence-corrected chi connectivity index (χ4v) is 3.08. The summed E-state index contributed by atoms with van der Waals surface area (Å²) in [6.45, 7) is 13.4. The molecule has 0 saturated heterocycles. The highest BCUT2D eigenvalue weighted by Gasteiger charge is 2.09. The predicted octanol–water partition coefficient (Wildman–Crippen LogP) is 7.39. The van der Waals surface area contributed by atoms with Gasteiger partial charge in [0.1, 0.15) is 0 Å². The largest absolute Gasteiger partial charge is 0.103 e. The Morgan fingerprint density at radius 3 is 1.95 bits per heavy atom. The van der Waals surface area contributed by atoms with Crippen molar-refractivity contribution in [1.82, 2.24) is 0 Å². The van der Waals surface area contributed by atoms with Crippen LogP contribution in [0.3, 0.4) is 0 Å². The molecule has 0 aromatic rings. The average Bonchev–Trinajstić information content (AvgIpc) is 2.45. The van der Waals surface area contributed by atoms with Gasteiger partial charge in [-0.2, -0.15) is 0 Å². The van der Waals surface area contributed by atoms with Crippen LogP contribution in [0.15, 0.2) is 12.7 Å². The van der Waals surface area contributed by atoms with E-state index in [4.69, 9.17) is 0 Å². The van der Waals surface area contributed by atoms with Crippen LogP contribution in [0.25, 0.3) is 0 Å². The lowest BCUT2D eigenvalue weighted by molar-refractivity contribution is 0.353. The van der Waals surface area contributed by atoms with Gasteiger partial charge < -0.3 is 0 Å². The second-order valence-electron chi connectivity index (χ2n) is 7.00. The maximum Gasteiger partial charge on any atom is -0.0351 e. The fourth-order valence-electron chi connectivity index (χ4n) is 3.08. The van der Waals surface area contributed by atoms with Gasteiger partial charge in [-0.3, -0.25) is 0 Å². The van der Waals surface area contributed by atoms with Gasteiger partial charge >= 0.3 is 0 Å². The molecule has 0 bridgehead atoms. The highest BCUT2D eigenvalue weighted by atomic mass is 14.2. The van der Waals surface area contributed by atoms with E-state index in [-0.39, 0.29) is 0 Å². The van der Waals surface area contributed by atoms with Crippen molar-refractivity contribution in [3.63, 3.8) is 0 Å². The van der Waals surface area contributed by atoms with E-state index >= 15 is 0 Å². The molecule has 0 nitrogen and oxygen atoms in total. The molecule has 0 rings (SSSR count). The van der Waals surface area contributed by atoms with E-state index in [0.717, 1.165) is 17.8 Å². The molecule has 3 atom stereocenters. The van der Waals surface area contributed by atoms with Crippen LogP contribution in [-0.4, -0.2) is 0 Å². The monoisotopic (exact) mass is 280 g/mol. The van der Waals surface area contributed by atoms with Gasteiger partial charge in [-0.1, -0.05) is 91.6 Å². The van der Waals surface area contributed by atoms with Gasteiger partial charge in [0, 0.05) is 0 Å². The average molecular weight is 281 g/mol. The summed E-state index contributed by atoms with van der Waals surface area (Å²) in [5.41, 5.74) is 0. The molecule has 3 unspecified atom stereocenters. The normalized spacial score (nSPS) is 15.8. The summed E-state index contributed by atoms with van der Waals surface area (Å²) in [5.74, 6) is 2.79. The van der Waals surface area contributed by atoms with Gasteiger partial charge in [-0.05, 0) is 30.6 Å². The molecule has 0 saturated carbocycles. The molecule has 0 aromatic heterocycles. The zero-order chi connectivity index (χ0) is 15.2. The summed E-state index contributed by atoms with van der Waals surface area (Å²) in [6, 6.07) is 0. The lowest BCUT2D eigenvalue weighted by Crippen LogP contribution is -2.04. The lowest BCUT2D eigenvalue weighted by atomic mass is 9.88. The van der Waals surface area contributed by atoms with E-state index in [2.05, 4.69) is 40.3 Å². The minimum atomic E-state index is 0.922. The number of hydrogen-bond donors (Lipinski definition) is 0. The summed E-state index contributed by atoms with van der Waals surface area (Å²) in [5, 5.41) is 0. The highest BCUT2D eigenvalue weighted by molar-refractivity contribution is 4.70. The molecular weight excluding hydrogens is 240 g/mol. The van der Waals surface area contributed by atoms with Crippen molar-refractivity contribution in [2.24, 2.45) is 17.8 Å². The molecule has 0 aliphatic heterocycles. The minimum absolute atomic E-state index is 0.922. The first-order valence-electron chi connectivity index (χ1n) is 9.24. The van der Waals surface area contributed by atoms with Gasteiger partial charge in [-0.25, -0.2) is 0 Å². The van der Waals surface area contributed by atoms with E-state index in [9.17, 15) is 0 Å². The molecule has 0 aliphatic rings. The molecular formula is C20H40. The third-order valence-corrected chi connectivity index (χ3v) is 4.87. The molecule has 0 fully saturated rings. The summed E-state index contributed by atoms with van der Waals surface area (Å²) in [4.78, 5) is 0. The van der Waals surface area contributed by atoms with Crippen LogP contribution in [0.5, 0.6) is 0 Å². The molecule has 0 spiro atoms. The Morgan fingerprint density at radius 2 is 1.40 bits per heavy atom. The molecule has 0 aliphatic carbocycles. The van der Waals surface area contributed by atoms with Crippen LogP contribution in [-0.2, 0) is 0 Å². The lowest BCUT2D eigenvalue weighted by Gasteiger charge is -2.18. The Balaban J connectivity index is 3.61. The first kappa shape index (κ1) is 19.7. The fraction of sp³-hybridized carbons (Fsp3) is 0.900. The summed E-state index contributed by atoms with van der Waals surface area (Å²) in [7, 11) is 0. The van der Waals surface area contributed by atoms with Crippen LogP contribution >= 0.6 is 0 Å². The maximum absolute atomic E-state index is 3.84. The van der Waals surface area contributed by atoms with E-state index in [0.29, 0.717) is 0 Å². The van der Waals surface area contributed by atoms with Crippen LogP contribution in [0.1, 0.15) is 98.3 Å². The Bertz CT molecular complexity index is 206. The highest BCUT2D eigenvalue weighted by Crippen LogP contribution is 2.24. The molecule has 0 heterocycles. The first-order chi connectivity index (χ1) is 9.63. The van der Waals surface area contributed by atoms with Gasteiger partial charge in [0.2, 0.25) is 0 Å². The van der Waals surface area contributed by atoms with Gasteiger partial charge in [0.25, 0.3) is 0 Å². The van der Waals surface area contributed by atoms with Crippen LogP contribution in [0, 0.1) is 17.8 Å². The summed E-state index contributed by atoms with van der Waals surface area (Å²) < 4.78 is 0. The first-order valence-corrected chi connectivity index (χ1v) is 9.24. The second kappa shape index (κ2) is 13.7. The van der Waals surface area contributed by atoms with Crippen LogP contribution in [0.4, 0.5) is 0 Å².